The first-order valence-electron chi connectivity index (χ1n) is 7.27. The van der Waals surface area contributed by atoms with E-state index in [2.05, 4.69) is 6.26 Å². The van der Waals surface area contributed by atoms with Crippen LogP contribution in [-0.2, 0) is 14.4 Å². The van der Waals surface area contributed by atoms with Crippen molar-refractivity contribution in [3.8, 4) is 0 Å². The Labute approximate surface area is 123 Å². The van der Waals surface area contributed by atoms with Crippen molar-refractivity contribution < 1.29 is 14.4 Å². The van der Waals surface area contributed by atoms with Crippen LogP contribution in [0.3, 0.4) is 0 Å². The number of fused-ring (bicyclic) bond motifs is 2. The van der Waals surface area contributed by atoms with E-state index in [0.717, 1.165) is 30.6 Å². The molecule has 3 aliphatic rings. The van der Waals surface area contributed by atoms with E-state index in [1.165, 1.54) is 0 Å². The lowest BCUT2D eigenvalue weighted by molar-refractivity contribution is -0.147. The Bertz CT molecular complexity index is 424. The zero-order valence-electron chi connectivity index (χ0n) is 11.7. The molecule has 3 heterocycles. The summed E-state index contributed by atoms with van der Waals surface area (Å²) >= 11 is 1.88. The Morgan fingerprint density at radius 2 is 1.70 bits per heavy atom. The van der Waals surface area contributed by atoms with E-state index < -0.39 is 0 Å². The van der Waals surface area contributed by atoms with Crippen molar-refractivity contribution >= 4 is 29.5 Å². The van der Waals surface area contributed by atoms with Gasteiger partial charge in [-0.3, -0.25) is 19.3 Å². The Morgan fingerprint density at radius 1 is 1.15 bits per heavy atom. The van der Waals surface area contributed by atoms with Gasteiger partial charge in [0.2, 0.25) is 17.7 Å². The van der Waals surface area contributed by atoms with Crippen molar-refractivity contribution in [1.82, 2.24) is 9.80 Å². The molecule has 0 saturated carbocycles. The van der Waals surface area contributed by atoms with E-state index >= 15 is 0 Å². The summed E-state index contributed by atoms with van der Waals surface area (Å²) in [4.78, 5) is 38.8. The molecule has 3 amide bonds. The second-order valence-corrected chi connectivity index (χ2v) is 7.03. The van der Waals surface area contributed by atoms with Gasteiger partial charge in [-0.2, -0.15) is 11.8 Å². The SMILES string of the molecule is CSC1CC2CCC(C1)N2C(=O)CN1C(=O)CCC1=O. The molecule has 5 nitrogen and oxygen atoms in total. The summed E-state index contributed by atoms with van der Waals surface area (Å²) in [6, 6.07) is 0.623. The van der Waals surface area contributed by atoms with Gasteiger partial charge < -0.3 is 4.90 Å². The van der Waals surface area contributed by atoms with Gasteiger partial charge in [-0.25, -0.2) is 0 Å². The Kier molecular flexibility index (Phi) is 3.75. The number of carbonyl (C=O) groups is 3. The van der Waals surface area contributed by atoms with Crippen LogP contribution >= 0.6 is 11.8 Å². The highest BCUT2D eigenvalue weighted by atomic mass is 32.2. The summed E-state index contributed by atoms with van der Waals surface area (Å²) in [6.45, 7) is -0.0470. The maximum atomic E-state index is 12.5. The number of likely N-dealkylation sites (tertiary alicyclic amines) is 1. The predicted octanol–water partition coefficient (Wildman–Crippen LogP) is 1.02. The summed E-state index contributed by atoms with van der Waals surface area (Å²) in [5.41, 5.74) is 0. The fourth-order valence-electron chi connectivity index (χ4n) is 3.74. The predicted molar refractivity (Wildman–Crippen MR) is 76.1 cm³/mol. The Morgan fingerprint density at radius 3 is 2.20 bits per heavy atom. The van der Waals surface area contributed by atoms with Crippen molar-refractivity contribution in [2.75, 3.05) is 12.8 Å². The molecule has 0 aliphatic carbocycles. The zero-order valence-corrected chi connectivity index (χ0v) is 12.5. The molecule has 0 N–H and O–H groups in total. The number of nitrogens with zero attached hydrogens (tertiary/aromatic N) is 2. The number of imide groups is 1. The van der Waals surface area contributed by atoms with Crippen molar-refractivity contribution in [2.45, 2.75) is 55.9 Å². The van der Waals surface area contributed by atoms with Crippen LogP contribution in [0.2, 0.25) is 0 Å². The van der Waals surface area contributed by atoms with E-state index in [0.29, 0.717) is 17.3 Å². The second kappa shape index (κ2) is 5.39. The van der Waals surface area contributed by atoms with Gasteiger partial charge >= 0.3 is 0 Å². The second-order valence-electron chi connectivity index (χ2n) is 5.89. The van der Waals surface area contributed by atoms with E-state index in [4.69, 9.17) is 0 Å². The number of amides is 3. The zero-order chi connectivity index (χ0) is 14.3. The molecule has 0 spiro atoms. The van der Waals surface area contributed by atoms with E-state index in [9.17, 15) is 14.4 Å². The summed E-state index contributed by atoms with van der Waals surface area (Å²) in [7, 11) is 0. The minimum atomic E-state index is -0.199. The van der Waals surface area contributed by atoms with Crippen molar-refractivity contribution in [3.63, 3.8) is 0 Å². The fourth-order valence-corrected chi connectivity index (χ4v) is 4.57. The lowest BCUT2D eigenvalue weighted by atomic mass is 10.0. The highest BCUT2D eigenvalue weighted by Gasteiger charge is 2.44. The topological polar surface area (TPSA) is 57.7 Å². The molecular weight excluding hydrogens is 276 g/mol. The molecule has 3 rings (SSSR count). The van der Waals surface area contributed by atoms with Crippen molar-refractivity contribution in [1.29, 1.82) is 0 Å². The molecule has 20 heavy (non-hydrogen) atoms. The van der Waals surface area contributed by atoms with Crippen LogP contribution in [0.15, 0.2) is 0 Å². The van der Waals surface area contributed by atoms with Crippen LogP contribution in [0, 0.1) is 0 Å². The average Bonchev–Trinajstić information content (AvgIpc) is 2.89. The largest absolute Gasteiger partial charge is 0.335 e. The molecule has 2 unspecified atom stereocenters. The van der Waals surface area contributed by atoms with Crippen LogP contribution in [0.1, 0.15) is 38.5 Å². The van der Waals surface area contributed by atoms with Gasteiger partial charge in [-0.15, -0.1) is 0 Å². The maximum absolute atomic E-state index is 12.5. The summed E-state index contributed by atoms with van der Waals surface area (Å²) in [6.07, 6.45) is 6.87. The minimum Gasteiger partial charge on any atom is -0.335 e. The first kappa shape index (κ1) is 13.9. The minimum absolute atomic E-state index is 0.0411. The van der Waals surface area contributed by atoms with Gasteiger partial charge in [-0.05, 0) is 31.9 Å². The fraction of sp³-hybridized carbons (Fsp3) is 0.786. The molecule has 3 saturated heterocycles. The van der Waals surface area contributed by atoms with Gasteiger partial charge in [0.15, 0.2) is 0 Å². The third kappa shape index (κ3) is 2.34. The smallest absolute Gasteiger partial charge is 0.243 e. The number of hydrogen-bond acceptors (Lipinski definition) is 4. The van der Waals surface area contributed by atoms with Crippen LogP contribution in [0.4, 0.5) is 0 Å². The highest BCUT2D eigenvalue weighted by Crippen LogP contribution is 2.39. The summed E-state index contributed by atoms with van der Waals surface area (Å²) < 4.78 is 0. The standard InChI is InChI=1S/C14H20N2O3S/c1-20-11-6-9-2-3-10(7-11)16(9)14(19)8-15-12(17)4-5-13(15)18/h9-11H,2-8H2,1H3. The molecule has 0 radical (unpaired) electrons. The van der Waals surface area contributed by atoms with Gasteiger partial charge in [0.1, 0.15) is 6.54 Å². The van der Waals surface area contributed by atoms with Gasteiger partial charge in [0.25, 0.3) is 0 Å². The lowest BCUT2D eigenvalue weighted by Crippen LogP contribution is -2.51. The van der Waals surface area contributed by atoms with Crippen LogP contribution < -0.4 is 0 Å². The number of carbonyl (C=O) groups excluding carboxylic acids is 3. The molecule has 0 aromatic rings. The van der Waals surface area contributed by atoms with Gasteiger partial charge in [0, 0.05) is 30.2 Å². The summed E-state index contributed by atoms with van der Waals surface area (Å²) in [5.74, 6) is -0.440. The molecule has 3 fully saturated rings. The molecule has 2 atom stereocenters. The molecule has 0 aromatic heterocycles. The number of rotatable bonds is 3. The van der Waals surface area contributed by atoms with Gasteiger partial charge in [-0.1, -0.05) is 0 Å². The maximum Gasteiger partial charge on any atom is 0.243 e. The molecule has 2 bridgehead atoms. The van der Waals surface area contributed by atoms with Gasteiger partial charge in [0.05, 0.1) is 0 Å². The summed E-state index contributed by atoms with van der Waals surface area (Å²) in [5, 5.41) is 0.645. The normalized spacial score (nSPS) is 33.1. The molecular formula is C14H20N2O3S. The van der Waals surface area contributed by atoms with Crippen molar-refractivity contribution in [2.24, 2.45) is 0 Å². The van der Waals surface area contributed by atoms with Crippen LogP contribution in [-0.4, -0.2) is 57.7 Å². The Balaban J connectivity index is 1.66. The number of thioether (sulfide) groups is 1. The average molecular weight is 296 g/mol. The molecule has 0 aromatic carbocycles. The molecule has 110 valence electrons. The first-order valence-corrected chi connectivity index (χ1v) is 8.56. The number of piperidine rings is 1. The van der Waals surface area contributed by atoms with E-state index in [1.54, 1.807) is 0 Å². The molecule has 3 aliphatic heterocycles. The Hall–Kier alpha value is -1.04. The van der Waals surface area contributed by atoms with Crippen molar-refractivity contribution in [3.05, 3.63) is 0 Å². The van der Waals surface area contributed by atoms with E-state index in [-0.39, 0.29) is 37.1 Å². The van der Waals surface area contributed by atoms with Crippen LogP contribution in [0.5, 0.6) is 0 Å². The highest BCUT2D eigenvalue weighted by molar-refractivity contribution is 7.99. The first-order chi connectivity index (χ1) is 9.60. The third-order valence-corrected chi connectivity index (χ3v) is 5.81. The van der Waals surface area contributed by atoms with E-state index in [1.807, 2.05) is 16.7 Å². The number of hydrogen-bond donors (Lipinski definition) is 0. The third-order valence-electron chi connectivity index (χ3n) is 4.76. The molecule has 6 heteroatoms. The lowest BCUT2D eigenvalue weighted by Gasteiger charge is -2.39. The quantitative estimate of drug-likeness (QED) is 0.730. The monoisotopic (exact) mass is 296 g/mol. The van der Waals surface area contributed by atoms with Crippen LogP contribution in [0.25, 0.3) is 0 Å².